The summed E-state index contributed by atoms with van der Waals surface area (Å²) < 4.78 is 0. The van der Waals surface area contributed by atoms with E-state index in [-0.39, 0.29) is 0 Å². The van der Waals surface area contributed by atoms with E-state index in [0.29, 0.717) is 11.4 Å². The SMILES string of the molecule is CCc1cc(Cc2ccc(N=C=O)c(CC)c2)ccc1N=C=O. The lowest BCUT2D eigenvalue weighted by molar-refractivity contribution is 0.564. The summed E-state index contributed by atoms with van der Waals surface area (Å²) >= 11 is 0. The zero-order chi connectivity index (χ0) is 16.7. The predicted molar refractivity (Wildman–Crippen MR) is 90.0 cm³/mol. The van der Waals surface area contributed by atoms with Crippen molar-refractivity contribution in [2.75, 3.05) is 0 Å². The van der Waals surface area contributed by atoms with Crippen LogP contribution in [0.25, 0.3) is 0 Å². The second-order valence-electron chi connectivity index (χ2n) is 5.22. The fourth-order valence-corrected chi connectivity index (χ4v) is 2.62. The van der Waals surface area contributed by atoms with E-state index in [4.69, 9.17) is 0 Å². The molecule has 0 atom stereocenters. The Hall–Kier alpha value is -2.80. The second-order valence-corrected chi connectivity index (χ2v) is 5.22. The Morgan fingerprint density at radius 1 is 0.783 bits per heavy atom. The molecule has 0 spiro atoms. The highest BCUT2D eigenvalue weighted by atomic mass is 16.1. The molecule has 23 heavy (non-hydrogen) atoms. The molecule has 0 unspecified atom stereocenters. The first-order valence-electron chi connectivity index (χ1n) is 7.61. The maximum Gasteiger partial charge on any atom is 0.240 e. The van der Waals surface area contributed by atoms with Crippen molar-refractivity contribution in [3.05, 3.63) is 58.7 Å². The van der Waals surface area contributed by atoms with Gasteiger partial charge in [-0.05, 0) is 53.6 Å². The van der Waals surface area contributed by atoms with Gasteiger partial charge in [-0.25, -0.2) is 9.59 Å². The maximum absolute atomic E-state index is 10.4. The molecule has 2 aromatic rings. The van der Waals surface area contributed by atoms with Crippen molar-refractivity contribution in [2.24, 2.45) is 9.98 Å². The van der Waals surface area contributed by atoms with E-state index in [9.17, 15) is 9.59 Å². The number of isocyanates is 2. The number of rotatable bonds is 6. The summed E-state index contributed by atoms with van der Waals surface area (Å²) in [4.78, 5) is 28.4. The largest absolute Gasteiger partial charge is 0.240 e. The number of aliphatic imine (C=N–C) groups is 2. The van der Waals surface area contributed by atoms with Gasteiger partial charge in [0.2, 0.25) is 12.2 Å². The molecule has 0 fully saturated rings. The van der Waals surface area contributed by atoms with Gasteiger partial charge in [0.1, 0.15) is 0 Å². The highest BCUT2D eigenvalue weighted by Gasteiger charge is 2.06. The van der Waals surface area contributed by atoms with Crippen LogP contribution in [0.4, 0.5) is 11.4 Å². The molecule has 116 valence electrons. The predicted octanol–water partition coefficient (Wildman–Crippen LogP) is 4.34. The van der Waals surface area contributed by atoms with Gasteiger partial charge in [0.05, 0.1) is 11.4 Å². The van der Waals surface area contributed by atoms with Gasteiger partial charge >= 0.3 is 0 Å². The van der Waals surface area contributed by atoms with Crippen molar-refractivity contribution in [2.45, 2.75) is 33.1 Å². The topological polar surface area (TPSA) is 58.9 Å². The van der Waals surface area contributed by atoms with Gasteiger partial charge in [-0.3, -0.25) is 0 Å². The molecule has 0 aliphatic rings. The average molecular weight is 306 g/mol. The van der Waals surface area contributed by atoms with E-state index in [1.807, 2.05) is 38.1 Å². The van der Waals surface area contributed by atoms with Crippen molar-refractivity contribution in [3.8, 4) is 0 Å². The molecule has 0 saturated heterocycles. The van der Waals surface area contributed by atoms with Gasteiger partial charge in [-0.1, -0.05) is 38.1 Å². The zero-order valence-electron chi connectivity index (χ0n) is 13.3. The van der Waals surface area contributed by atoms with Gasteiger partial charge in [0.15, 0.2) is 0 Å². The van der Waals surface area contributed by atoms with Gasteiger partial charge in [0.25, 0.3) is 0 Å². The van der Waals surface area contributed by atoms with E-state index in [1.54, 1.807) is 12.2 Å². The Bertz CT molecular complexity index is 732. The van der Waals surface area contributed by atoms with Crippen LogP contribution in [0.2, 0.25) is 0 Å². The third-order valence-electron chi connectivity index (χ3n) is 3.79. The number of benzene rings is 2. The van der Waals surface area contributed by atoms with E-state index >= 15 is 0 Å². The van der Waals surface area contributed by atoms with E-state index < -0.39 is 0 Å². The highest BCUT2D eigenvalue weighted by molar-refractivity contribution is 5.57. The molecule has 0 heterocycles. The summed E-state index contributed by atoms with van der Waals surface area (Å²) in [6.45, 7) is 4.06. The quantitative estimate of drug-likeness (QED) is 0.589. The molecule has 0 amide bonds. The summed E-state index contributed by atoms with van der Waals surface area (Å²) in [7, 11) is 0. The minimum absolute atomic E-state index is 0.677. The standard InChI is InChI=1S/C19H18N2O2/c1-3-16-10-14(5-7-18(16)20-12-22)9-15-6-8-19(21-13-23)17(4-2)11-15/h5-8,10-11H,3-4,9H2,1-2H3. The maximum atomic E-state index is 10.4. The number of hydrogen-bond acceptors (Lipinski definition) is 4. The summed E-state index contributed by atoms with van der Waals surface area (Å²) in [6.07, 6.45) is 5.58. The van der Waals surface area contributed by atoms with Gasteiger partial charge < -0.3 is 0 Å². The molecular weight excluding hydrogens is 288 g/mol. The molecule has 0 aliphatic carbocycles. The van der Waals surface area contributed by atoms with E-state index in [1.165, 1.54) is 0 Å². The molecule has 0 N–H and O–H groups in total. The third kappa shape index (κ3) is 4.10. The summed E-state index contributed by atoms with van der Waals surface area (Å²) in [5.41, 5.74) is 5.72. The van der Waals surface area contributed by atoms with Crippen molar-refractivity contribution in [1.82, 2.24) is 0 Å². The summed E-state index contributed by atoms with van der Waals surface area (Å²) in [6, 6.07) is 11.8. The molecule has 0 saturated carbocycles. The van der Waals surface area contributed by atoms with E-state index in [0.717, 1.165) is 41.5 Å². The molecule has 4 nitrogen and oxygen atoms in total. The lowest BCUT2D eigenvalue weighted by Gasteiger charge is -2.09. The monoisotopic (exact) mass is 306 g/mol. The van der Waals surface area contributed by atoms with Crippen LogP contribution in [-0.4, -0.2) is 12.2 Å². The fraction of sp³-hybridized carbons (Fsp3) is 0.263. The van der Waals surface area contributed by atoms with Crippen molar-refractivity contribution < 1.29 is 9.59 Å². The Kier molecular flexibility index (Phi) is 5.76. The van der Waals surface area contributed by atoms with Crippen LogP contribution in [0.15, 0.2) is 46.4 Å². The molecule has 2 aromatic carbocycles. The van der Waals surface area contributed by atoms with Crippen LogP contribution in [0, 0.1) is 0 Å². The van der Waals surface area contributed by atoms with Gasteiger partial charge in [-0.15, -0.1) is 0 Å². The van der Waals surface area contributed by atoms with Gasteiger partial charge in [-0.2, -0.15) is 9.98 Å². The highest BCUT2D eigenvalue weighted by Crippen LogP contribution is 2.25. The summed E-state index contributed by atoms with van der Waals surface area (Å²) in [5.74, 6) is 0. The average Bonchev–Trinajstić information content (AvgIpc) is 2.58. The third-order valence-corrected chi connectivity index (χ3v) is 3.79. The number of carbonyl (C=O) groups excluding carboxylic acids is 2. The molecule has 0 bridgehead atoms. The van der Waals surface area contributed by atoms with E-state index in [2.05, 4.69) is 22.1 Å². The fourth-order valence-electron chi connectivity index (χ4n) is 2.62. The van der Waals surface area contributed by atoms with Crippen molar-refractivity contribution in [1.29, 1.82) is 0 Å². The Labute approximate surface area is 135 Å². The zero-order valence-corrected chi connectivity index (χ0v) is 13.3. The molecule has 0 radical (unpaired) electrons. The second kappa shape index (κ2) is 8.00. The van der Waals surface area contributed by atoms with Crippen LogP contribution in [0.1, 0.15) is 36.1 Å². The smallest absolute Gasteiger partial charge is 0.211 e. The lowest BCUT2D eigenvalue weighted by atomic mass is 9.98. The lowest BCUT2D eigenvalue weighted by Crippen LogP contribution is -1.93. The van der Waals surface area contributed by atoms with Crippen LogP contribution < -0.4 is 0 Å². The summed E-state index contributed by atoms with van der Waals surface area (Å²) in [5, 5.41) is 0. The molecule has 2 rings (SSSR count). The van der Waals surface area contributed by atoms with Crippen LogP contribution >= 0.6 is 0 Å². The normalized spacial score (nSPS) is 9.83. The Morgan fingerprint density at radius 3 is 1.57 bits per heavy atom. The number of aryl methyl sites for hydroxylation is 2. The Balaban J connectivity index is 2.32. The van der Waals surface area contributed by atoms with Crippen LogP contribution in [0.3, 0.4) is 0 Å². The van der Waals surface area contributed by atoms with Crippen LogP contribution in [-0.2, 0) is 28.9 Å². The first-order valence-corrected chi connectivity index (χ1v) is 7.61. The van der Waals surface area contributed by atoms with Crippen LogP contribution in [0.5, 0.6) is 0 Å². The molecule has 0 aliphatic heterocycles. The minimum Gasteiger partial charge on any atom is -0.211 e. The number of nitrogens with zero attached hydrogens (tertiary/aromatic N) is 2. The Morgan fingerprint density at radius 2 is 1.22 bits per heavy atom. The minimum atomic E-state index is 0.677. The number of hydrogen-bond donors (Lipinski definition) is 0. The molecule has 4 heteroatoms. The molecular formula is C19H18N2O2. The van der Waals surface area contributed by atoms with Crippen molar-refractivity contribution >= 4 is 23.5 Å². The first kappa shape index (κ1) is 16.6. The first-order chi connectivity index (χ1) is 11.2. The van der Waals surface area contributed by atoms with Crippen molar-refractivity contribution in [3.63, 3.8) is 0 Å². The molecule has 0 aromatic heterocycles. The van der Waals surface area contributed by atoms with Gasteiger partial charge in [0, 0.05) is 0 Å².